The number of rotatable bonds is 2. The second kappa shape index (κ2) is 6.04. The van der Waals surface area contributed by atoms with Crippen LogP contribution in [0.3, 0.4) is 0 Å². The van der Waals surface area contributed by atoms with E-state index in [0.717, 1.165) is 12.0 Å². The zero-order chi connectivity index (χ0) is 18.5. The molecule has 1 N–H and O–H groups in total. The first-order valence-electron chi connectivity index (χ1n) is 9.44. The van der Waals surface area contributed by atoms with E-state index in [2.05, 4.69) is 34.5 Å². The number of hydrogen-bond acceptors (Lipinski definition) is 5. The van der Waals surface area contributed by atoms with Crippen molar-refractivity contribution in [1.82, 2.24) is 14.8 Å². The summed E-state index contributed by atoms with van der Waals surface area (Å²) in [5.41, 5.74) is 1.14. The van der Waals surface area contributed by atoms with Crippen LogP contribution in [0.4, 0.5) is 11.9 Å². The standard InChI is InChI=1S/C20H21N5O2/c1-12-11-16(13-7-3-2-4-8-13)25-19(21-12)22-20(23-25)24-17(26)14-9-5-6-10-15(14)18(24)27/h2-8,12,14-16H,9-11H2,1H3,(H,21,22,23)/t12-,14-,15+,16+/m0/s1. The highest BCUT2D eigenvalue weighted by atomic mass is 16.2. The van der Waals surface area contributed by atoms with Crippen molar-refractivity contribution in [3.8, 4) is 0 Å². The third kappa shape index (κ3) is 2.49. The Kier molecular flexibility index (Phi) is 3.63. The van der Waals surface area contributed by atoms with Crippen molar-refractivity contribution in [3.63, 3.8) is 0 Å². The predicted octanol–water partition coefficient (Wildman–Crippen LogP) is 2.53. The van der Waals surface area contributed by atoms with Crippen molar-refractivity contribution in [1.29, 1.82) is 0 Å². The molecule has 1 saturated heterocycles. The van der Waals surface area contributed by atoms with Gasteiger partial charge in [0, 0.05) is 6.04 Å². The van der Waals surface area contributed by atoms with Crippen LogP contribution >= 0.6 is 0 Å². The maximum atomic E-state index is 12.8. The summed E-state index contributed by atoms with van der Waals surface area (Å²) < 4.78 is 1.81. The monoisotopic (exact) mass is 363 g/mol. The predicted molar refractivity (Wildman–Crippen MR) is 100 cm³/mol. The van der Waals surface area contributed by atoms with Gasteiger partial charge in [0.15, 0.2) is 0 Å². The zero-order valence-corrected chi connectivity index (χ0v) is 15.1. The van der Waals surface area contributed by atoms with Gasteiger partial charge in [-0.05, 0) is 31.7 Å². The van der Waals surface area contributed by atoms with Gasteiger partial charge in [-0.2, -0.15) is 4.98 Å². The molecule has 1 aromatic carbocycles. The summed E-state index contributed by atoms with van der Waals surface area (Å²) in [6, 6.07) is 10.4. The minimum atomic E-state index is -0.278. The zero-order valence-electron chi connectivity index (χ0n) is 15.1. The van der Waals surface area contributed by atoms with E-state index < -0.39 is 0 Å². The van der Waals surface area contributed by atoms with E-state index in [0.29, 0.717) is 18.8 Å². The number of fused-ring (bicyclic) bond motifs is 2. The van der Waals surface area contributed by atoms with Crippen LogP contribution in [0.1, 0.15) is 37.8 Å². The molecular weight excluding hydrogens is 342 g/mol. The van der Waals surface area contributed by atoms with Gasteiger partial charge < -0.3 is 5.32 Å². The van der Waals surface area contributed by atoms with E-state index in [4.69, 9.17) is 0 Å². The molecule has 5 rings (SSSR count). The number of hydrogen-bond donors (Lipinski definition) is 1. The quantitative estimate of drug-likeness (QED) is 0.655. The average molecular weight is 363 g/mol. The van der Waals surface area contributed by atoms with E-state index in [9.17, 15) is 9.59 Å². The molecule has 2 aromatic rings. The number of carbonyl (C=O) groups is 2. The van der Waals surface area contributed by atoms with Crippen molar-refractivity contribution < 1.29 is 9.59 Å². The van der Waals surface area contributed by atoms with Gasteiger partial charge >= 0.3 is 0 Å². The number of aromatic nitrogens is 3. The van der Waals surface area contributed by atoms with Gasteiger partial charge in [0.1, 0.15) is 0 Å². The fourth-order valence-corrected chi connectivity index (χ4v) is 4.39. The van der Waals surface area contributed by atoms with Crippen molar-refractivity contribution in [2.75, 3.05) is 10.2 Å². The van der Waals surface area contributed by atoms with Gasteiger partial charge in [0.05, 0.1) is 17.9 Å². The number of amides is 2. The van der Waals surface area contributed by atoms with Crippen molar-refractivity contribution in [3.05, 3.63) is 48.0 Å². The third-order valence-corrected chi connectivity index (χ3v) is 5.76. The number of carbonyl (C=O) groups excluding carboxylic acids is 2. The summed E-state index contributed by atoms with van der Waals surface area (Å²) >= 11 is 0. The molecule has 0 bridgehead atoms. The lowest BCUT2D eigenvalue weighted by molar-refractivity contribution is -0.122. The molecular formula is C20H21N5O2. The SMILES string of the molecule is C[C@H]1C[C@H](c2ccccc2)n2nc(N3C(=O)[C@H]4CC=CC[C@H]4C3=O)nc2N1. The molecule has 2 amide bonds. The summed E-state index contributed by atoms with van der Waals surface area (Å²) in [5.74, 6) is -0.119. The van der Waals surface area contributed by atoms with Crippen LogP contribution in [-0.4, -0.2) is 32.6 Å². The first kappa shape index (κ1) is 16.2. The summed E-state index contributed by atoms with van der Waals surface area (Å²) in [5, 5.41) is 7.91. The van der Waals surface area contributed by atoms with Gasteiger partial charge in [0.2, 0.25) is 17.8 Å². The molecule has 3 heterocycles. The van der Waals surface area contributed by atoms with E-state index in [1.54, 1.807) is 0 Å². The molecule has 7 heteroatoms. The Bertz CT molecular complexity index is 909. The van der Waals surface area contributed by atoms with Gasteiger partial charge in [-0.1, -0.05) is 42.5 Å². The molecule has 0 radical (unpaired) electrons. The lowest BCUT2D eigenvalue weighted by Crippen LogP contribution is -2.32. The van der Waals surface area contributed by atoms with Crippen LogP contribution < -0.4 is 10.2 Å². The van der Waals surface area contributed by atoms with Crippen LogP contribution in [0.25, 0.3) is 0 Å². The Morgan fingerprint density at radius 3 is 2.37 bits per heavy atom. The first-order chi connectivity index (χ1) is 13.1. The van der Waals surface area contributed by atoms with Crippen LogP contribution in [0.2, 0.25) is 0 Å². The van der Waals surface area contributed by atoms with Crippen LogP contribution in [0.15, 0.2) is 42.5 Å². The highest BCUT2D eigenvalue weighted by Crippen LogP contribution is 2.38. The van der Waals surface area contributed by atoms with E-state index in [-0.39, 0.29) is 41.7 Å². The van der Waals surface area contributed by atoms with Crippen LogP contribution in [0.5, 0.6) is 0 Å². The van der Waals surface area contributed by atoms with Crippen molar-refractivity contribution in [2.45, 2.75) is 38.3 Å². The molecule has 138 valence electrons. The fourth-order valence-electron chi connectivity index (χ4n) is 4.39. The summed E-state index contributed by atoms with van der Waals surface area (Å²) in [4.78, 5) is 31.4. The second-order valence-electron chi connectivity index (χ2n) is 7.56. The molecule has 7 nitrogen and oxygen atoms in total. The topological polar surface area (TPSA) is 80.1 Å². The van der Waals surface area contributed by atoms with Crippen molar-refractivity contribution in [2.24, 2.45) is 11.8 Å². The largest absolute Gasteiger partial charge is 0.352 e. The van der Waals surface area contributed by atoms with Crippen molar-refractivity contribution >= 4 is 23.7 Å². The van der Waals surface area contributed by atoms with Gasteiger partial charge in [-0.15, -0.1) is 5.10 Å². The fraction of sp³-hybridized carbons (Fsp3) is 0.400. The molecule has 0 saturated carbocycles. The Balaban J connectivity index is 1.53. The van der Waals surface area contributed by atoms with Crippen LogP contribution in [-0.2, 0) is 9.59 Å². The van der Waals surface area contributed by atoms with E-state index in [1.165, 1.54) is 4.90 Å². The Hall–Kier alpha value is -2.96. The Labute approximate surface area is 157 Å². The third-order valence-electron chi connectivity index (χ3n) is 5.76. The molecule has 1 aliphatic carbocycles. The highest BCUT2D eigenvalue weighted by molar-refractivity contribution is 6.21. The molecule has 0 spiro atoms. The summed E-state index contributed by atoms with van der Waals surface area (Å²) in [6.45, 7) is 2.10. The number of benzene rings is 1. The molecule has 2 aliphatic heterocycles. The van der Waals surface area contributed by atoms with Crippen LogP contribution in [0, 0.1) is 11.8 Å². The maximum Gasteiger partial charge on any atom is 0.260 e. The summed E-state index contributed by atoms with van der Waals surface area (Å²) in [7, 11) is 0. The number of nitrogens with one attached hydrogen (secondary N) is 1. The maximum absolute atomic E-state index is 12.8. The van der Waals surface area contributed by atoms with Gasteiger partial charge in [0.25, 0.3) is 5.95 Å². The van der Waals surface area contributed by atoms with E-state index >= 15 is 0 Å². The number of allylic oxidation sites excluding steroid dienone is 2. The first-order valence-corrected chi connectivity index (χ1v) is 9.44. The minimum absolute atomic E-state index is 0.0236. The molecule has 1 fully saturated rings. The smallest absolute Gasteiger partial charge is 0.260 e. The molecule has 27 heavy (non-hydrogen) atoms. The van der Waals surface area contributed by atoms with Gasteiger partial charge in [-0.25, -0.2) is 9.58 Å². The Morgan fingerprint density at radius 1 is 1.04 bits per heavy atom. The summed E-state index contributed by atoms with van der Waals surface area (Å²) in [6.07, 6.45) is 6.05. The number of anilines is 2. The van der Waals surface area contributed by atoms with Gasteiger partial charge in [-0.3, -0.25) is 9.59 Å². The highest BCUT2D eigenvalue weighted by Gasteiger charge is 2.49. The second-order valence-corrected chi connectivity index (χ2v) is 7.56. The molecule has 1 aromatic heterocycles. The lowest BCUT2D eigenvalue weighted by atomic mass is 9.85. The normalized spacial score (nSPS) is 29.4. The molecule has 4 atom stereocenters. The molecule has 3 aliphatic rings. The lowest BCUT2D eigenvalue weighted by Gasteiger charge is -2.29. The van der Waals surface area contributed by atoms with E-state index in [1.807, 2.05) is 35.0 Å². The number of nitrogens with zero attached hydrogens (tertiary/aromatic N) is 4. The average Bonchev–Trinajstić information content (AvgIpc) is 3.21. The molecule has 0 unspecified atom stereocenters. The Morgan fingerprint density at radius 2 is 1.70 bits per heavy atom. The minimum Gasteiger partial charge on any atom is -0.352 e. The number of imide groups is 1.